The van der Waals surface area contributed by atoms with E-state index in [1.165, 1.54) is 0 Å². The SMILES string of the molecule is CC(O)CONC(=O)c1ccc(-c2ccc3nnn(Cc4ccc5ncccc5c4)c3n2)cc1Cl. The monoisotopic (exact) mass is 488 g/mol. The zero-order valence-electron chi connectivity index (χ0n) is 18.7. The summed E-state index contributed by atoms with van der Waals surface area (Å²) in [4.78, 5) is 26.4. The normalized spacial score (nSPS) is 12.2. The number of carbonyl (C=O) groups is 1. The van der Waals surface area contributed by atoms with Gasteiger partial charge in [-0.1, -0.05) is 35.0 Å². The zero-order chi connectivity index (χ0) is 24.4. The van der Waals surface area contributed by atoms with Gasteiger partial charge in [0.1, 0.15) is 12.1 Å². The van der Waals surface area contributed by atoms with Gasteiger partial charge in [-0.3, -0.25) is 14.6 Å². The van der Waals surface area contributed by atoms with Crippen LogP contribution in [-0.2, 0) is 11.4 Å². The molecule has 0 spiro atoms. The minimum absolute atomic E-state index is 0.0246. The number of aliphatic hydroxyl groups excluding tert-OH is 1. The van der Waals surface area contributed by atoms with Gasteiger partial charge in [0.2, 0.25) is 0 Å². The van der Waals surface area contributed by atoms with E-state index in [1.54, 1.807) is 36.0 Å². The van der Waals surface area contributed by atoms with Gasteiger partial charge in [-0.25, -0.2) is 15.1 Å². The highest BCUT2D eigenvalue weighted by molar-refractivity contribution is 6.34. The molecule has 176 valence electrons. The first-order valence-electron chi connectivity index (χ1n) is 10.9. The highest BCUT2D eigenvalue weighted by Gasteiger charge is 2.14. The molecule has 10 heteroatoms. The molecule has 0 fully saturated rings. The molecule has 0 saturated carbocycles. The number of hydroxylamine groups is 1. The second-order valence-corrected chi connectivity index (χ2v) is 8.51. The lowest BCUT2D eigenvalue weighted by atomic mass is 10.1. The summed E-state index contributed by atoms with van der Waals surface area (Å²) in [5, 5.41) is 19.1. The molecule has 0 aliphatic carbocycles. The Morgan fingerprint density at radius 1 is 1.14 bits per heavy atom. The van der Waals surface area contributed by atoms with Crippen molar-refractivity contribution in [1.82, 2.24) is 30.4 Å². The number of aromatic nitrogens is 5. The fraction of sp³-hybridized carbons (Fsp3) is 0.160. The number of pyridine rings is 2. The third-order valence-electron chi connectivity index (χ3n) is 5.36. The van der Waals surface area contributed by atoms with E-state index in [0.717, 1.165) is 22.0 Å². The number of hydrogen-bond acceptors (Lipinski definition) is 7. The lowest BCUT2D eigenvalue weighted by Crippen LogP contribution is -2.27. The van der Waals surface area contributed by atoms with Gasteiger partial charge in [0.05, 0.1) is 34.4 Å². The average molecular weight is 489 g/mol. The molecular formula is C25H21ClN6O3. The van der Waals surface area contributed by atoms with E-state index in [0.29, 0.717) is 23.4 Å². The van der Waals surface area contributed by atoms with E-state index >= 15 is 0 Å². The summed E-state index contributed by atoms with van der Waals surface area (Å²) < 4.78 is 1.75. The molecular weight excluding hydrogens is 468 g/mol. The van der Waals surface area contributed by atoms with E-state index in [-0.39, 0.29) is 17.2 Å². The number of nitrogens with zero attached hydrogens (tertiary/aromatic N) is 5. The quantitative estimate of drug-likeness (QED) is 0.335. The van der Waals surface area contributed by atoms with Crippen LogP contribution in [0.2, 0.25) is 5.02 Å². The van der Waals surface area contributed by atoms with Gasteiger partial charge in [0.25, 0.3) is 5.91 Å². The van der Waals surface area contributed by atoms with Crippen LogP contribution in [0, 0.1) is 0 Å². The zero-order valence-corrected chi connectivity index (χ0v) is 19.5. The van der Waals surface area contributed by atoms with Gasteiger partial charge < -0.3 is 5.11 Å². The molecule has 3 heterocycles. The van der Waals surface area contributed by atoms with Gasteiger partial charge >= 0.3 is 0 Å². The lowest BCUT2D eigenvalue weighted by molar-refractivity contribution is -0.00686. The number of rotatable bonds is 7. The first-order valence-corrected chi connectivity index (χ1v) is 11.3. The summed E-state index contributed by atoms with van der Waals surface area (Å²) in [5.74, 6) is -0.501. The van der Waals surface area contributed by atoms with E-state index in [4.69, 9.17) is 21.4 Å². The molecule has 0 bridgehead atoms. The minimum atomic E-state index is -0.699. The van der Waals surface area contributed by atoms with Gasteiger partial charge in [-0.2, -0.15) is 0 Å². The highest BCUT2D eigenvalue weighted by atomic mass is 35.5. The van der Waals surface area contributed by atoms with Gasteiger partial charge in [-0.05, 0) is 55.0 Å². The van der Waals surface area contributed by atoms with Crippen molar-refractivity contribution >= 4 is 39.6 Å². The molecule has 1 unspecified atom stereocenters. The first kappa shape index (κ1) is 22.9. The number of carbonyl (C=O) groups excluding carboxylic acids is 1. The lowest BCUT2D eigenvalue weighted by Gasteiger charge is -2.10. The molecule has 2 aromatic carbocycles. The second-order valence-electron chi connectivity index (χ2n) is 8.10. The number of hydrogen-bond donors (Lipinski definition) is 2. The van der Waals surface area contributed by atoms with Gasteiger partial charge in [-0.15, -0.1) is 5.10 Å². The molecule has 0 saturated heterocycles. The molecule has 0 radical (unpaired) electrons. The molecule has 5 rings (SSSR count). The van der Waals surface area contributed by atoms with Crippen molar-refractivity contribution in [3.8, 4) is 11.3 Å². The molecule has 0 aliphatic heterocycles. The van der Waals surface area contributed by atoms with Crippen LogP contribution in [0.4, 0.5) is 0 Å². The summed E-state index contributed by atoms with van der Waals surface area (Å²) in [6.07, 6.45) is 1.07. The first-order chi connectivity index (χ1) is 17.0. The molecule has 5 aromatic rings. The van der Waals surface area contributed by atoms with Crippen LogP contribution < -0.4 is 5.48 Å². The molecule has 0 aliphatic rings. The predicted octanol–water partition coefficient (Wildman–Crippen LogP) is 3.79. The molecule has 9 nitrogen and oxygen atoms in total. The topological polar surface area (TPSA) is 115 Å². The standard InChI is InChI=1S/C25H21ClN6O3/c1-15(33)14-35-30-25(34)19-6-5-18(12-20(19)26)22-8-9-23-24(28-22)32(31-29-23)13-16-4-7-21-17(11-16)3-2-10-27-21/h2-12,15,33H,13-14H2,1H3,(H,30,34). The number of nitrogens with one attached hydrogen (secondary N) is 1. The van der Waals surface area contributed by atoms with Crippen LogP contribution in [0.5, 0.6) is 0 Å². The van der Waals surface area contributed by atoms with E-state index in [9.17, 15) is 9.90 Å². The van der Waals surface area contributed by atoms with E-state index < -0.39 is 12.0 Å². The number of fused-ring (bicyclic) bond motifs is 2. The Kier molecular flexibility index (Phi) is 6.37. The largest absolute Gasteiger partial charge is 0.391 e. The number of halogens is 1. The van der Waals surface area contributed by atoms with Gasteiger partial charge in [0.15, 0.2) is 5.65 Å². The van der Waals surface area contributed by atoms with Crippen molar-refractivity contribution in [2.75, 3.05) is 6.61 Å². The third-order valence-corrected chi connectivity index (χ3v) is 5.67. The summed E-state index contributed by atoms with van der Waals surface area (Å²) in [7, 11) is 0. The molecule has 35 heavy (non-hydrogen) atoms. The Hall–Kier alpha value is -3.92. The van der Waals surface area contributed by atoms with Crippen molar-refractivity contribution in [2.45, 2.75) is 19.6 Å². The van der Waals surface area contributed by atoms with E-state index in [1.807, 2.05) is 36.4 Å². The molecule has 2 N–H and O–H groups in total. The Balaban J connectivity index is 1.40. The molecule has 3 aromatic heterocycles. The summed E-state index contributed by atoms with van der Waals surface area (Å²) >= 11 is 6.37. The van der Waals surface area contributed by atoms with Crippen LogP contribution in [0.1, 0.15) is 22.8 Å². The summed E-state index contributed by atoms with van der Waals surface area (Å²) in [6, 6.07) is 18.7. The van der Waals surface area contributed by atoms with Crippen molar-refractivity contribution in [3.63, 3.8) is 0 Å². The highest BCUT2D eigenvalue weighted by Crippen LogP contribution is 2.26. The van der Waals surface area contributed by atoms with Crippen molar-refractivity contribution in [2.24, 2.45) is 0 Å². The second kappa shape index (κ2) is 9.75. The number of aliphatic hydroxyl groups is 1. The van der Waals surface area contributed by atoms with Gasteiger partial charge in [0, 0.05) is 17.1 Å². The fourth-order valence-corrected chi connectivity index (χ4v) is 3.92. The van der Waals surface area contributed by atoms with Crippen molar-refractivity contribution in [1.29, 1.82) is 0 Å². The molecule has 1 atom stereocenters. The Labute approximate surface area is 205 Å². The summed E-state index contributed by atoms with van der Waals surface area (Å²) in [6.45, 7) is 2.03. The average Bonchev–Trinajstić information content (AvgIpc) is 3.25. The maximum atomic E-state index is 12.3. The van der Waals surface area contributed by atoms with Crippen LogP contribution in [0.3, 0.4) is 0 Å². The van der Waals surface area contributed by atoms with Crippen LogP contribution in [-0.4, -0.2) is 48.7 Å². The minimum Gasteiger partial charge on any atom is -0.391 e. The smallest absolute Gasteiger partial charge is 0.276 e. The predicted molar refractivity (Wildman–Crippen MR) is 132 cm³/mol. The van der Waals surface area contributed by atoms with E-state index in [2.05, 4.69) is 26.8 Å². The number of amides is 1. The maximum absolute atomic E-state index is 12.3. The Morgan fingerprint density at radius 2 is 2.00 bits per heavy atom. The van der Waals surface area contributed by atoms with Crippen molar-refractivity contribution < 1.29 is 14.7 Å². The van der Waals surface area contributed by atoms with Crippen LogP contribution >= 0.6 is 11.6 Å². The van der Waals surface area contributed by atoms with Crippen molar-refractivity contribution in [3.05, 3.63) is 83.0 Å². The molecule has 1 amide bonds. The Bertz CT molecular complexity index is 1530. The third kappa shape index (κ3) is 4.97. The van der Waals surface area contributed by atoms with Crippen LogP contribution in [0.25, 0.3) is 33.3 Å². The summed E-state index contributed by atoms with van der Waals surface area (Å²) in [5.41, 5.74) is 7.23. The Morgan fingerprint density at radius 3 is 2.83 bits per heavy atom. The maximum Gasteiger partial charge on any atom is 0.276 e. The number of benzene rings is 2. The van der Waals surface area contributed by atoms with Crippen LogP contribution in [0.15, 0.2) is 66.9 Å². The fourth-order valence-electron chi connectivity index (χ4n) is 3.66.